The molecule has 2 aromatic heterocycles. The Morgan fingerprint density at radius 2 is 0.754 bits per heavy atom. The number of hydrogen-bond acceptors (Lipinski definition) is 2. The summed E-state index contributed by atoms with van der Waals surface area (Å²) in [7, 11) is -4.63. The van der Waals surface area contributed by atoms with Crippen LogP contribution in [0.1, 0.15) is 11.1 Å². The van der Waals surface area contributed by atoms with Gasteiger partial charge in [-0.3, -0.25) is 0 Å². The molecule has 292 valence electrons. The predicted molar refractivity (Wildman–Crippen MR) is 259 cm³/mol. The first kappa shape index (κ1) is 39.7. The fraction of sp³-hybridized carbons (Fsp3) is 0.250. The summed E-state index contributed by atoms with van der Waals surface area (Å²) in [6.45, 7) is 24.0. The summed E-state index contributed by atoms with van der Waals surface area (Å²) >= 11 is -4.72. The number of aromatic nitrogens is 2. The third kappa shape index (κ3) is 7.43. The van der Waals surface area contributed by atoms with Gasteiger partial charge in [0.15, 0.2) is 0 Å². The summed E-state index contributed by atoms with van der Waals surface area (Å²) in [4.78, 5) is 0. The van der Waals surface area contributed by atoms with Crippen molar-refractivity contribution in [3.8, 4) is 11.4 Å². The number of rotatable bonds is 10. The first-order chi connectivity index (χ1) is 26.9. The molecule has 0 amide bonds. The van der Waals surface area contributed by atoms with Gasteiger partial charge in [-0.25, -0.2) is 0 Å². The Morgan fingerprint density at radius 3 is 1.07 bits per heavy atom. The topological polar surface area (TPSA) is 44.0 Å². The Kier molecular flexibility index (Phi) is 10.2. The third-order valence-electron chi connectivity index (χ3n) is 11.5. The molecule has 0 saturated carbocycles. The van der Waals surface area contributed by atoms with E-state index in [1.807, 2.05) is 24.3 Å². The molecule has 57 heavy (non-hydrogen) atoms. The molecule has 0 aliphatic carbocycles. The molecule has 0 bridgehead atoms. The van der Waals surface area contributed by atoms with Gasteiger partial charge in [0.2, 0.25) is 0 Å². The van der Waals surface area contributed by atoms with Crippen LogP contribution in [0, 0.1) is 0 Å². The van der Waals surface area contributed by atoms with Crippen molar-refractivity contribution < 1.29 is 7.67 Å². The van der Waals surface area contributed by atoms with E-state index >= 15 is 0 Å². The van der Waals surface area contributed by atoms with E-state index in [0.29, 0.717) is 8.92 Å². The van der Waals surface area contributed by atoms with Crippen molar-refractivity contribution in [1.82, 2.24) is 9.13 Å². The van der Waals surface area contributed by atoms with Crippen LogP contribution in [0.4, 0.5) is 0 Å². The van der Waals surface area contributed by atoms with Gasteiger partial charge >= 0.3 is 348 Å². The van der Waals surface area contributed by atoms with Gasteiger partial charge in [-0.1, -0.05) is 0 Å². The van der Waals surface area contributed by atoms with Gasteiger partial charge in [-0.15, -0.1) is 0 Å². The molecule has 0 N–H and O–H groups in total. The maximum atomic E-state index is 14.3. The van der Waals surface area contributed by atoms with Crippen molar-refractivity contribution in [2.75, 3.05) is 0 Å². The van der Waals surface area contributed by atoms with Gasteiger partial charge in [0, 0.05) is 0 Å². The molecule has 0 radical (unpaired) electrons. The molecular formula is C48H56N2O2SeSi4. The second-order valence-corrected chi connectivity index (χ2v) is 39.7. The van der Waals surface area contributed by atoms with Gasteiger partial charge in [-0.05, 0) is 0 Å². The zero-order valence-corrected chi connectivity index (χ0v) is 41.3. The van der Waals surface area contributed by atoms with Gasteiger partial charge in [0.25, 0.3) is 0 Å². The summed E-state index contributed by atoms with van der Waals surface area (Å²) in [6, 6.07) is 45.3. The second kappa shape index (κ2) is 14.6. The van der Waals surface area contributed by atoms with Crippen LogP contribution in [-0.4, -0.2) is 55.6 Å². The van der Waals surface area contributed by atoms with Crippen molar-refractivity contribution in [1.29, 1.82) is 0 Å². The summed E-state index contributed by atoms with van der Waals surface area (Å²) in [5.41, 5.74) is 9.37. The molecule has 8 aromatic rings. The van der Waals surface area contributed by atoms with Crippen LogP contribution < -0.4 is 19.3 Å². The number of hydrogen-bond donors (Lipinski definition) is 0. The molecule has 6 aromatic carbocycles. The molecule has 0 saturated heterocycles. The van der Waals surface area contributed by atoms with E-state index < -0.39 is 46.5 Å². The van der Waals surface area contributed by atoms with Crippen LogP contribution in [0.5, 0.6) is 0 Å². The van der Waals surface area contributed by atoms with Crippen LogP contribution in [0.2, 0.25) is 65.5 Å². The monoisotopic (exact) mass is 884 g/mol. The van der Waals surface area contributed by atoms with Crippen LogP contribution in [-0.2, 0) is 19.8 Å². The molecule has 8 rings (SSSR count). The molecule has 0 spiro atoms. The SMILES string of the molecule is C[SiH](C)Cc1ccc2c(c1)c1cc([Si](C)(C)C)ccc1n2-c1ccc([Se](=O)(=O)c2ccc(-n3c4ccc(C[SiH](C)C)cc4c4cc([Si](C)(C)C)ccc43)cc2)cc1. The summed E-state index contributed by atoms with van der Waals surface area (Å²) < 4.78 is 33.9. The van der Waals surface area contributed by atoms with Crippen molar-refractivity contribution in [3.05, 3.63) is 132 Å². The molecule has 2 heterocycles. The minimum absolute atomic E-state index is 0.366. The molecule has 0 aliphatic heterocycles. The van der Waals surface area contributed by atoms with Crippen LogP contribution in [0.25, 0.3) is 55.0 Å². The summed E-state index contributed by atoms with van der Waals surface area (Å²) in [5.74, 6) is 0. The average molecular weight is 884 g/mol. The molecule has 0 unspecified atom stereocenters. The Labute approximate surface area is 345 Å². The van der Waals surface area contributed by atoms with Crippen LogP contribution in [0.3, 0.4) is 0 Å². The normalized spacial score (nSPS) is 13.0. The van der Waals surface area contributed by atoms with Crippen molar-refractivity contribution >= 4 is 109 Å². The van der Waals surface area contributed by atoms with E-state index in [2.05, 4.69) is 147 Å². The molecule has 4 nitrogen and oxygen atoms in total. The average Bonchev–Trinajstić information content (AvgIpc) is 3.65. The minimum atomic E-state index is -4.72. The van der Waals surface area contributed by atoms with Gasteiger partial charge in [-0.2, -0.15) is 0 Å². The van der Waals surface area contributed by atoms with Crippen molar-refractivity contribution in [2.45, 2.75) is 77.6 Å². The molecule has 9 heteroatoms. The Morgan fingerprint density at radius 1 is 0.439 bits per heavy atom. The predicted octanol–water partition coefficient (Wildman–Crippen LogP) is 9.53. The summed E-state index contributed by atoms with van der Waals surface area (Å²) in [6.07, 6.45) is 0. The Hall–Kier alpha value is -4.09. The van der Waals surface area contributed by atoms with Crippen LogP contribution in [0.15, 0.2) is 121 Å². The first-order valence-corrected chi connectivity index (χ1v) is 36.9. The van der Waals surface area contributed by atoms with Crippen molar-refractivity contribution in [2.24, 2.45) is 0 Å². The molecule has 0 fully saturated rings. The fourth-order valence-electron chi connectivity index (χ4n) is 8.51. The van der Waals surface area contributed by atoms with E-state index in [0.717, 1.165) is 33.4 Å². The number of fused-ring (bicyclic) bond motifs is 6. The van der Waals surface area contributed by atoms with E-state index in [1.54, 1.807) is 24.3 Å². The Bertz CT molecular complexity index is 2730. The zero-order valence-electron chi connectivity index (χ0n) is 35.2. The van der Waals surface area contributed by atoms with Gasteiger partial charge < -0.3 is 0 Å². The van der Waals surface area contributed by atoms with E-state index in [-0.39, 0.29) is 0 Å². The zero-order chi connectivity index (χ0) is 40.6. The third-order valence-corrected chi connectivity index (χ3v) is 21.9. The number of nitrogens with zero attached hydrogens (tertiary/aromatic N) is 2. The fourth-order valence-corrected chi connectivity index (χ4v) is 15.9. The molecular weight excluding hydrogens is 828 g/mol. The second-order valence-electron chi connectivity index (χ2n) is 19.0. The van der Waals surface area contributed by atoms with E-state index in [9.17, 15) is 7.67 Å². The number of benzene rings is 6. The standard InChI is InChI=1S/C48H56N2O2SeSi4/c1-54(2)31-33-11-23-45-41(27-33)43-29-39(56(5,6)7)21-25-47(43)49(45)35-13-17-37(18-14-35)53(51,52)38-19-15-36(16-20-38)50-46-24-12-34(32-55(3)4)28-42(46)44-30-40(57(8,9)10)22-26-48(44)50/h11-30,54-55H,31-32H2,1-10H3. The van der Waals surface area contributed by atoms with Crippen LogP contribution >= 0.6 is 0 Å². The molecule has 0 aliphatic rings. The van der Waals surface area contributed by atoms with E-state index in [1.165, 1.54) is 55.1 Å². The van der Waals surface area contributed by atoms with Gasteiger partial charge in [0.1, 0.15) is 0 Å². The quantitative estimate of drug-likeness (QED) is 0.129. The summed E-state index contributed by atoms with van der Waals surface area (Å²) in [5, 5.41) is 7.99. The maximum absolute atomic E-state index is 14.3. The first-order valence-electron chi connectivity index (χ1n) is 20.5. The Balaban J connectivity index is 1.17. The van der Waals surface area contributed by atoms with Gasteiger partial charge in [0.05, 0.1) is 0 Å². The molecule has 0 atom stereocenters. The van der Waals surface area contributed by atoms with E-state index in [4.69, 9.17) is 0 Å². The van der Waals surface area contributed by atoms with Crippen molar-refractivity contribution in [3.63, 3.8) is 0 Å².